The van der Waals surface area contributed by atoms with Gasteiger partial charge < -0.3 is 18.9 Å². The lowest BCUT2D eigenvalue weighted by Crippen LogP contribution is -2.49. The molecule has 0 heterocycles. The molecule has 0 aromatic heterocycles. The third kappa shape index (κ3) is 4.89. The first kappa shape index (κ1) is 30.9. The lowest BCUT2D eigenvalue weighted by atomic mass is 9.64. The Kier molecular flexibility index (Phi) is 9.21. The fourth-order valence-corrected chi connectivity index (χ4v) is 8.22. The van der Waals surface area contributed by atoms with E-state index in [0.29, 0.717) is 39.6 Å². The molecule has 6 rings (SSSR count). The van der Waals surface area contributed by atoms with Gasteiger partial charge in [0.05, 0.1) is 49.1 Å². The van der Waals surface area contributed by atoms with Crippen LogP contribution in [0, 0.1) is 0 Å². The largest absolute Gasteiger partial charge is 0.384 e. The van der Waals surface area contributed by atoms with Crippen molar-refractivity contribution in [2.24, 2.45) is 0 Å². The van der Waals surface area contributed by atoms with Crippen LogP contribution in [0.5, 0.6) is 0 Å². The highest BCUT2D eigenvalue weighted by Gasteiger charge is 2.59. The van der Waals surface area contributed by atoms with Crippen molar-refractivity contribution in [3.8, 4) is 0 Å². The van der Waals surface area contributed by atoms with Gasteiger partial charge >= 0.3 is 0 Å². The summed E-state index contributed by atoms with van der Waals surface area (Å²) in [5.74, 6) is -0.720. The van der Waals surface area contributed by atoms with E-state index in [2.05, 4.69) is 86.6 Å². The van der Waals surface area contributed by atoms with Gasteiger partial charge in [-0.15, -0.1) is 0 Å². The van der Waals surface area contributed by atoms with Crippen LogP contribution in [0.4, 0.5) is 0 Å². The number of benzene rings is 4. The second-order valence-electron chi connectivity index (χ2n) is 12.8. The van der Waals surface area contributed by atoms with Gasteiger partial charge in [0, 0.05) is 27.4 Å². The number of rotatable bonds is 16. The van der Waals surface area contributed by atoms with Crippen molar-refractivity contribution in [2.75, 3.05) is 53.9 Å². The Morgan fingerprint density at radius 1 is 0.614 bits per heavy atom. The monoisotopic (exact) mass is 594 g/mol. The topological polar surface area (TPSA) is 54.0 Å². The summed E-state index contributed by atoms with van der Waals surface area (Å²) < 4.78 is 24.9. The standard InChI is InChI=1S/C39H46O5/c1-5-7-21-43-25-38(23-41-3)31-19-11-15-27-13-9-17-29(33(27)31)35(38)37(40)36-30-18-10-14-28-16-12-20-32(34(28)30)39(36,24-42-4)26-44-22-8-6-2/h9-20,35-36H,5-8,21-26H2,1-4H3. The lowest BCUT2D eigenvalue weighted by molar-refractivity contribution is -0.128. The molecule has 0 amide bonds. The zero-order valence-corrected chi connectivity index (χ0v) is 26.7. The maximum absolute atomic E-state index is 15.8. The van der Waals surface area contributed by atoms with Crippen molar-refractivity contribution < 1.29 is 23.7 Å². The fraction of sp³-hybridized carbons (Fsp3) is 0.462. The highest BCUT2D eigenvalue weighted by Crippen LogP contribution is 2.58. The molecule has 44 heavy (non-hydrogen) atoms. The van der Waals surface area contributed by atoms with Crippen molar-refractivity contribution in [3.63, 3.8) is 0 Å². The molecule has 4 aromatic carbocycles. The van der Waals surface area contributed by atoms with Crippen LogP contribution in [-0.2, 0) is 34.6 Å². The van der Waals surface area contributed by atoms with Crippen LogP contribution in [-0.4, -0.2) is 59.6 Å². The number of unbranched alkanes of at least 4 members (excludes halogenated alkanes) is 2. The SMILES string of the molecule is CCCCOCC1(COC)c2cccc3cccc(c23)C1C(=O)C1c2cccc3cccc(c23)C1(COC)COCCCC. The molecule has 4 atom stereocenters. The molecule has 2 aliphatic carbocycles. The molecule has 4 unspecified atom stereocenters. The number of hydrogen-bond donors (Lipinski definition) is 0. The van der Waals surface area contributed by atoms with E-state index in [1.165, 1.54) is 0 Å². The first-order chi connectivity index (χ1) is 21.6. The molecule has 0 saturated heterocycles. The van der Waals surface area contributed by atoms with Gasteiger partial charge in [-0.3, -0.25) is 4.79 Å². The van der Waals surface area contributed by atoms with Gasteiger partial charge in [0.15, 0.2) is 0 Å². The van der Waals surface area contributed by atoms with Crippen LogP contribution in [0.25, 0.3) is 21.5 Å². The minimum Gasteiger partial charge on any atom is -0.384 e. The molecule has 0 fully saturated rings. The Balaban J connectivity index is 1.55. The van der Waals surface area contributed by atoms with Crippen molar-refractivity contribution in [2.45, 2.75) is 62.2 Å². The van der Waals surface area contributed by atoms with Gasteiger partial charge in [-0.1, -0.05) is 99.5 Å². The third-order valence-electron chi connectivity index (χ3n) is 10.1. The summed E-state index contributed by atoms with van der Waals surface area (Å²) in [6.45, 7) is 7.25. The molecular formula is C39H46O5. The summed E-state index contributed by atoms with van der Waals surface area (Å²) in [6, 6.07) is 25.6. The Hall–Kier alpha value is -3.09. The summed E-state index contributed by atoms with van der Waals surface area (Å²) >= 11 is 0. The van der Waals surface area contributed by atoms with Gasteiger partial charge in [-0.25, -0.2) is 0 Å². The number of methoxy groups -OCH3 is 2. The molecule has 0 saturated carbocycles. The van der Waals surface area contributed by atoms with E-state index in [0.717, 1.165) is 69.5 Å². The lowest BCUT2D eigenvalue weighted by Gasteiger charge is -2.41. The molecule has 5 nitrogen and oxygen atoms in total. The summed E-state index contributed by atoms with van der Waals surface area (Å²) in [5, 5.41) is 4.61. The van der Waals surface area contributed by atoms with Crippen LogP contribution in [0.15, 0.2) is 72.8 Å². The molecule has 0 bridgehead atoms. The first-order valence-corrected chi connectivity index (χ1v) is 16.3. The first-order valence-electron chi connectivity index (χ1n) is 16.3. The molecule has 4 aromatic rings. The number of carbonyl (C=O) groups is 1. The van der Waals surface area contributed by atoms with E-state index >= 15 is 4.79 Å². The Bertz CT molecular complexity index is 1500. The van der Waals surface area contributed by atoms with Crippen molar-refractivity contribution in [1.29, 1.82) is 0 Å². The molecule has 0 spiro atoms. The van der Waals surface area contributed by atoms with E-state index in [1.54, 1.807) is 14.2 Å². The minimum atomic E-state index is -0.659. The second-order valence-corrected chi connectivity index (χ2v) is 12.8. The van der Waals surface area contributed by atoms with Crippen LogP contribution < -0.4 is 0 Å². The summed E-state index contributed by atoms with van der Waals surface area (Å²) in [4.78, 5) is 15.8. The predicted octanol–water partition coefficient (Wildman–Crippen LogP) is 7.86. The van der Waals surface area contributed by atoms with Crippen LogP contribution in [0.2, 0.25) is 0 Å². The maximum atomic E-state index is 15.8. The number of carbonyl (C=O) groups excluding carboxylic acids is 1. The molecule has 2 aliphatic rings. The van der Waals surface area contributed by atoms with Crippen molar-refractivity contribution >= 4 is 27.3 Å². The average Bonchev–Trinajstić information content (AvgIpc) is 3.47. The van der Waals surface area contributed by atoms with Crippen molar-refractivity contribution in [1.82, 2.24) is 0 Å². The van der Waals surface area contributed by atoms with Crippen LogP contribution in [0.1, 0.15) is 73.6 Å². The third-order valence-corrected chi connectivity index (χ3v) is 10.1. The summed E-state index contributed by atoms with van der Waals surface area (Å²) in [5.41, 5.74) is 3.11. The van der Waals surface area contributed by atoms with E-state index in [-0.39, 0.29) is 5.78 Å². The predicted molar refractivity (Wildman–Crippen MR) is 177 cm³/mol. The van der Waals surface area contributed by atoms with Gasteiger partial charge in [0.25, 0.3) is 0 Å². The number of Topliss-reactive ketones (excluding diaryl/α,β-unsaturated/α-hetero) is 1. The Labute approximate surface area is 261 Å². The zero-order valence-electron chi connectivity index (χ0n) is 26.7. The highest BCUT2D eigenvalue weighted by molar-refractivity contribution is 6.08. The summed E-state index contributed by atoms with van der Waals surface area (Å²) in [7, 11) is 3.47. The zero-order chi connectivity index (χ0) is 30.7. The van der Waals surface area contributed by atoms with Gasteiger partial charge in [-0.2, -0.15) is 0 Å². The molecule has 232 valence electrons. The number of ether oxygens (including phenoxy) is 4. The molecule has 0 aliphatic heterocycles. The minimum absolute atomic E-state index is 0.185. The average molecular weight is 595 g/mol. The summed E-state index contributed by atoms with van der Waals surface area (Å²) in [6.07, 6.45) is 4.06. The number of ketones is 1. The van der Waals surface area contributed by atoms with Gasteiger partial charge in [0.2, 0.25) is 0 Å². The van der Waals surface area contributed by atoms with Crippen molar-refractivity contribution in [3.05, 3.63) is 95.1 Å². The molecular weight excluding hydrogens is 548 g/mol. The van der Waals surface area contributed by atoms with Crippen LogP contribution >= 0.6 is 0 Å². The normalized spacial score (nSPS) is 23.6. The molecule has 0 radical (unpaired) electrons. The van der Waals surface area contributed by atoms with E-state index in [1.807, 2.05) is 0 Å². The molecule has 5 heteroatoms. The molecule has 0 N–H and O–H groups in total. The Morgan fingerprint density at radius 3 is 1.41 bits per heavy atom. The highest BCUT2D eigenvalue weighted by atomic mass is 16.5. The van der Waals surface area contributed by atoms with Gasteiger partial charge in [0.1, 0.15) is 5.78 Å². The Morgan fingerprint density at radius 2 is 1.02 bits per heavy atom. The number of hydrogen-bond acceptors (Lipinski definition) is 5. The quantitative estimate of drug-likeness (QED) is 0.124. The fourth-order valence-electron chi connectivity index (χ4n) is 8.22. The van der Waals surface area contributed by atoms with Crippen LogP contribution in [0.3, 0.4) is 0 Å². The van der Waals surface area contributed by atoms with E-state index in [4.69, 9.17) is 18.9 Å². The second kappa shape index (κ2) is 13.1. The van der Waals surface area contributed by atoms with E-state index < -0.39 is 22.7 Å². The van der Waals surface area contributed by atoms with Gasteiger partial charge in [-0.05, 0) is 56.6 Å². The van der Waals surface area contributed by atoms with E-state index in [9.17, 15) is 0 Å². The maximum Gasteiger partial charge on any atom is 0.149 e. The smallest absolute Gasteiger partial charge is 0.149 e.